The van der Waals surface area contributed by atoms with Crippen LogP contribution in [0.1, 0.15) is 283 Å². The van der Waals surface area contributed by atoms with Crippen molar-refractivity contribution >= 4 is 15.9 Å². The molecule has 7 rings (SSSR count). The maximum Gasteiger partial charge on any atom is 0.203 e. The molecule has 98 heavy (non-hydrogen) atoms. The molecule has 0 amide bonds. The molecule has 0 radical (unpaired) electrons. The average Bonchev–Trinajstić information content (AvgIpc) is 0.773. The van der Waals surface area contributed by atoms with Crippen molar-refractivity contribution in [3.05, 3.63) is 199 Å². The highest BCUT2D eigenvalue weighted by molar-refractivity contribution is 9.10. The summed E-state index contributed by atoms with van der Waals surface area (Å²) in [5.74, 6) is -6.50. The zero-order valence-corrected chi connectivity index (χ0v) is 62.0. The van der Waals surface area contributed by atoms with E-state index in [0.717, 1.165) is 65.3 Å². The van der Waals surface area contributed by atoms with E-state index in [9.17, 15) is 43.1 Å². The Labute approximate surface area is 601 Å². The van der Waals surface area contributed by atoms with Gasteiger partial charge in [-0.15, -0.1) is 0 Å². The van der Waals surface area contributed by atoms with Crippen molar-refractivity contribution in [3.63, 3.8) is 0 Å². The second kappa shape index (κ2) is 42.3. The fraction of sp³-hybridized carbons (Fsp3) is 0.506. The molecule has 0 aliphatic carbocycles. The smallest absolute Gasteiger partial charge is 0.203 e. The van der Waals surface area contributed by atoms with E-state index in [1.165, 1.54) is 47.7 Å². The minimum absolute atomic E-state index is 0. The lowest BCUT2D eigenvalue weighted by Gasteiger charge is -2.25. The third kappa shape index (κ3) is 28.8. The molecule has 0 heterocycles. The Hall–Kier alpha value is -6.86. The number of rotatable bonds is 14. The molecule has 556 valence electrons. The average molecular weight is 1440 g/mol. The van der Waals surface area contributed by atoms with E-state index in [1.54, 1.807) is 43.3 Å². The Morgan fingerprint density at radius 1 is 0.286 bits per heavy atom. The zero-order valence-electron chi connectivity index (χ0n) is 60.4. The van der Waals surface area contributed by atoms with Crippen LogP contribution in [0.2, 0.25) is 0 Å². The fourth-order valence-electron chi connectivity index (χ4n) is 8.75. The molecule has 8 nitrogen and oxygen atoms in total. The highest BCUT2D eigenvalue weighted by Gasteiger charge is 2.34. The molecular weight excluding hydrogens is 1300 g/mol. The number of halogens is 5. The quantitative estimate of drug-likeness (QED) is 0.0303. The van der Waals surface area contributed by atoms with Crippen LogP contribution in [0.4, 0.5) is 17.6 Å². The SMILES string of the molecule is C.C.C.C.C.CCC(C)(C)c1c(F)c(F)c(O)c(F)c1F.CCC(C)(C)c1cc(C)c(O)c(C)c1.CCC(C)(C)c1ccc(O)c(Br)c1.CCC(C)(C)c1ccc(O)c(C)c1.CCC(C)(C)c1ccc(O)c(O)c1.CCC(C)(C)c1ccc(O)cc1.CCC(C)(C)c1cccc(O)c1. The van der Waals surface area contributed by atoms with Crippen molar-refractivity contribution in [2.24, 2.45) is 0 Å². The van der Waals surface area contributed by atoms with E-state index in [-0.39, 0.29) is 81.1 Å². The maximum atomic E-state index is 13.4. The molecule has 0 bridgehead atoms. The Bertz CT molecular complexity index is 3270. The first-order chi connectivity index (χ1) is 42.6. The summed E-state index contributed by atoms with van der Waals surface area (Å²) in [6.07, 6.45) is 6.79. The predicted octanol–water partition coefficient (Wildman–Crippen LogP) is 26.7. The Balaban J connectivity index is -0.000000341. The van der Waals surface area contributed by atoms with Gasteiger partial charge < -0.3 is 40.9 Å². The monoisotopic (exact) mass is 1440 g/mol. The van der Waals surface area contributed by atoms with Crippen molar-refractivity contribution in [2.75, 3.05) is 0 Å². The number of aromatic hydroxyl groups is 8. The van der Waals surface area contributed by atoms with Gasteiger partial charge in [0.2, 0.25) is 11.6 Å². The molecule has 13 heteroatoms. The first kappa shape index (κ1) is 99.8. The molecule has 0 saturated carbocycles. The van der Waals surface area contributed by atoms with Gasteiger partial charge in [-0.2, -0.15) is 8.78 Å². The zero-order chi connectivity index (χ0) is 72.2. The van der Waals surface area contributed by atoms with Crippen LogP contribution in [0, 0.1) is 44.0 Å². The molecule has 0 aromatic heterocycles. The van der Waals surface area contributed by atoms with Crippen LogP contribution in [0.25, 0.3) is 0 Å². The molecular formula is C85H133BrF4O8. The topological polar surface area (TPSA) is 162 Å². The molecule has 0 fully saturated rings. The van der Waals surface area contributed by atoms with Crippen LogP contribution >= 0.6 is 15.9 Å². The Kier molecular flexibility index (Phi) is 43.1. The molecule has 7 aromatic rings. The van der Waals surface area contributed by atoms with Crippen LogP contribution in [0.5, 0.6) is 46.0 Å². The molecule has 0 aliphatic rings. The van der Waals surface area contributed by atoms with E-state index < -0.39 is 40.0 Å². The highest BCUT2D eigenvalue weighted by Crippen LogP contribution is 2.39. The fourth-order valence-corrected chi connectivity index (χ4v) is 9.13. The van der Waals surface area contributed by atoms with Gasteiger partial charge in [0.25, 0.3) is 0 Å². The molecule has 0 saturated heterocycles. The van der Waals surface area contributed by atoms with Gasteiger partial charge in [-0.25, -0.2) is 8.78 Å². The first-order valence-electron chi connectivity index (χ1n) is 32.4. The van der Waals surface area contributed by atoms with E-state index in [0.29, 0.717) is 35.2 Å². The summed E-state index contributed by atoms with van der Waals surface area (Å²) < 4.78 is 53.8. The Morgan fingerprint density at radius 3 is 0.939 bits per heavy atom. The lowest BCUT2D eigenvalue weighted by atomic mass is 9.81. The van der Waals surface area contributed by atoms with Gasteiger partial charge in [-0.1, -0.05) is 243 Å². The lowest BCUT2D eigenvalue weighted by Crippen LogP contribution is -2.21. The third-order valence-electron chi connectivity index (χ3n) is 19.1. The number of aryl methyl sites for hydroxylation is 3. The predicted molar refractivity (Wildman–Crippen MR) is 417 cm³/mol. The minimum Gasteiger partial charge on any atom is -0.508 e. The number of hydrogen-bond donors (Lipinski definition) is 8. The molecule has 0 aliphatic heterocycles. The van der Waals surface area contributed by atoms with Crippen molar-refractivity contribution in [2.45, 2.75) is 286 Å². The van der Waals surface area contributed by atoms with Crippen LogP contribution in [-0.4, -0.2) is 40.9 Å². The number of phenols is 8. The molecule has 0 atom stereocenters. The second-order valence-corrected chi connectivity index (χ2v) is 29.4. The molecule has 0 spiro atoms. The number of benzene rings is 7. The van der Waals surface area contributed by atoms with Crippen LogP contribution in [0.15, 0.2) is 120 Å². The van der Waals surface area contributed by atoms with E-state index in [1.807, 2.05) is 69.3 Å². The number of hydrogen-bond acceptors (Lipinski definition) is 8. The summed E-state index contributed by atoms with van der Waals surface area (Å²) in [5, 5.41) is 74.0. The summed E-state index contributed by atoms with van der Waals surface area (Å²) >= 11 is 3.32. The largest absolute Gasteiger partial charge is 0.508 e. The summed E-state index contributed by atoms with van der Waals surface area (Å²) in [5.41, 5.74) is 9.57. The third-order valence-corrected chi connectivity index (χ3v) is 19.8. The summed E-state index contributed by atoms with van der Waals surface area (Å²) in [6, 6.07) is 35.7. The molecule has 0 unspecified atom stereocenters. The van der Waals surface area contributed by atoms with Crippen molar-refractivity contribution in [3.8, 4) is 46.0 Å². The van der Waals surface area contributed by atoms with Gasteiger partial charge >= 0.3 is 0 Å². The van der Waals surface area contributed by atoms with Crippen molar-refractivity contribution in [1.29, 1.82) is 0 Å². The summed E-state index contributed by atoms with van der Waals surface area (Å²) in [6.45, 7) is 49.7. The van der Waals surface area contributed by atoms with Gasteiger partial charge in [0.05, 0.1) is 4.47 Å². The number of phenolic OH excluding ortho intramolecular Hbond substituents is 8. The van der Waals surface area contributed by atoms with Gasteiger partial charge in [0, 0.05) is 5.56 Å². The molecule has 7 aromatic carbocycles. The van der Waals surface area contributed by atoms with E-state index >= 15 is 0 Å². The van der Waals surface area contributed by atoms with E-state index in [2.05, 4.69) is 165 Å². The van der Waals surface area contributed by atoms with Crippen molar-refractivity contribution in [1.82, 2.24) is 0 Å². The maximum absolute atomic E-state index is 13.4. The van der Waals surface area contributed by atoms with Gasteiger partial charge in [0.1, 0.15) is 28.7 Å². The van der Waals surface area contributed by atoms with Crippen LogP contribution in [0.3, 0.4) is 0 Å². The van der Waals surface area contributed by atoms with Crippen molar-refractivity contribution < 1.29 is 58.4 Å². The minimum atomic E-state index is -1.75. The summed E-state index contributed by atoms with van der Waals surface area (Å²) in [7, 11) is 0. The standard InChI is InChI=1S/C13H20O.C12H18O.C11H15BrO.C11H12F4O.C11H16O2.2C11H16O.5CH4/c1-6-13(4,5)11-7-9(2)12(14)10(3)8-11;1-5-12(3,4)10-6-7-11(13)9(2)8-10;1-4-11(2,3)8-5-6-10(13)9(12)7-8;1-4-11(2,3)5-6(12)8(14)10(16)9(15)7(5)13;1-4-11(2,3)8-5-6-9(12)10(13)7-8;1-4-11(2,3)9-5-7-10(12)8-6-9;1-4-11(2,3)9-6-5-7-10(12)8-9;;;;;/h7-8,14H,6H2,1-5H3;6-8,13H,5H2,1-4H3;5-7,13H,4H2,1-3H3;16H,4H2,1-3H3;5-7,12-13H,4H2,1-3H3;2*5-8,12H,4H2,1-3H3;5*1H4. The molecule has 8 N–H and O–H groups in total. The van der Waals surface area contributed by atoms with Crippen LogP contribution < -0.4 is 0 Å². The van der Waals surface area contributed by atoms with Gasteiger partial charge in [-0.05, 0) is 224 Å². The normalized spacial score (nSPS) is 11.1. The first-order valence-corrected chi connectivity index (χ1v) is 33.2. The Morgan fingerprint density at radius 2 is 0.592 bits per heavy atom. The summed E-state index contributed by atoms with van der Waals surface area (Å²) in [4.78, 5) is 0. The van der Waals surface area contributed by atoms with Gasteiger partial charge in [0.15, 0.2) is 28.9 Å². The highest BCUT2D eigenvalue weighted by atomic mass is 79.9. The van der Waals surface area contributed by atoms with Gasteiger partial charge in [-0.3, -0.25) is 0 Å². The lowest BCUT2D eigenvalue weighted by molar-refractivity contribution is 0.333. The van der Waals surface area contributed by atoms with E-state index in [4.69, 9.17) is 15.3 Å². The van der Waals surface area contributed by atoms with Crippen LogP contribution in [-0.2, 0) is 37.9 Å². The second-order valence-electron chi connectivity index (χ2n) is 28.6.